The van der Waals surface area contributed by atoms with Crippen molar-refractivity contribution in [2.75, 3.05) is 5.43 Å². The summed E-state index contributed by atoms with van der Waals surface area (Å²) in [5, 5.41) is 9.19. The maximum Gasteiger partial charge on any atom is 0.280 e. The second-order valence-corrected chi connectivity index (χ2v) is 5.53. The lowest BCUT2D eigenvalue weighted by atomic mass is 10.1. The Balaban J connectivity index is 2.26. The van der Waals surface area contributed by atoms with E-state index < -0.39 is 5.91 Å². The third kappa shape index (κ3) is 3.61. The molecule has 0 aliphatic carbocycles. The number of nitrogens with zero attached hydrogens (tertiary/aromatic N) is 2. The maximum atomic E-state index is 12.2. The first-order valence-corrected chi connectivity index (χ1v) is 7.14. The van der Waals surface area contributed by atoms with E-state index in [-0.39, 0.29) is 5.57 Å². The fourth-order valence-electron chi connectivity index (χ4n) is 1.92. The molecule has 1 aromatic carbocycles. The molecule has 0 aliphatic rings. The number of carbonyl (C=O) groups is 1. The van der Waals surface area contributed by atoms with Crippen LogP contribution in [0.1, 0.15) is 17.0 Å². The molecule has 0 saturated carbocycles. The van der Waals surface area contributed by atoms with E-state index >= 15 is 0 Å². The topological polar surface area (TPSA) is 57.8 Å². The average molecular weight is 344 g/mol. The molecule has 1 heterocycles. The van der Waals surface area contributed by atoms with Gasteiger partial charge in [0.15, 0.2) is 0 Å². The van der Waals surface area contributed by atoms with Crippen LogP contribution in [-0.4, -0.2) is 10.6 Å². The second kappa shape index (κ2) is 6.42. The Morgan fingerprint density at radius 3 is 2.52 bits per heavy atom. The predicted molar refractivity (Wildman–Crippen MR) is 86.0 cm³/mol. The molecule has 21 heavy (non-hydrogen) atoms. The molecule has 1 aromatic heterocycles. The number of hydrogen-bond acceptors (Lipinski definition) is 2. The van der Waals surface area contributed by atoms with E-state index in [0.29, 0.717) is 0 Å². The van der Waals surface area contributed by atoms with Crippen LogP contribution in [-0.2, 0) is 4.79 Å². The lowest BCUT2D eigenvalue weighted by Crippen LogP contribution is -2.25. The van der Waals surface area contributed by atoms with E-state index in [1.807, 2.05) is 56.3 Å². The minimum absolute atomic E-state index is 0.0561. The highest BCUT2D eigenvalue weighted by Crippen LogP contribution is 2.15. The molecule has 1 amide bonds. The van der Waals surface area contributed by atoms with Gasteiger partial charge in [-0.2, -0.15) is 5.26 Å². The third-order valence-corrected chi connectivity index (χ3v) is 3.50. The Morgan fingerprint density at radius 2 is 1.95 bits per heavy atom. The number of benzene rings is 1. The summed E-state index contributed by atoms with van der Waals surface area (Å²) in [6.45, 7) is 3.77. The first-order valence-electron chi connectivity index (χ1n) is 6.35. The van der Waals surface area contributed by atoms with Crippen LogP contribution in [0.4, 0.5) is 0 Å². The molecule has 0 saturated heterocycles. The van der Waals surface area contributed by atoms with Gasteiger partial charge in [-0.1, -0.05) is 28.1 Å². The van der Waals surface area contributed by atoms with E-state index in [2.05, 4.69) is 21.4 Å². The number of nitriles is 1. The van der Waals surface area contributed by atoms with Crippen molar-refractivity contribution in [3.05, 3.63) is 63.4 Å². The molecule has 0 unspecified atom stereocenters. The van der Waals surface area contributed by atoms with Gasteiger partial charge < -0.3 is 0 Å². The maximum absolute atomic E-state index is 12.2. The highest BCUT2D eigenvalue weighted by Gasteiger charge is 2.11. The molecule has 0 radical (unpaired) electrons. The van der Waals surface area contributed by atoms with Crippen molar-refractivity contribution in [2.45, 2.75) is 13.8 Å². The van der Waals surface area contributed by atoms with Crippen LogP contribution < -0.4 is 5.43 Å². The Kier molecular flexibility index (Phi) is 4.61. The minimum atomic E-state index is -0.431. The van der Waals surface area contributed by atoms with Crippen LogP contribution in [0.2, 0.25) is 0 Å². The van der Waals surface area contributed by atoms with Crippen LogP contribution in [0.15, 0.2) is 46.4 Å². The van der Waals surface area contributed by atoms with Crippen molar-refractivity contribution in [3.8, 4) is 6.07 Å². The average Bonchev–Trinajstić information content (AvgIpc) is 2.76. The molecular weight excluding hydrogens is 330 g/mol. The van der Waals surface area contributed by atoms with Crippen molar-refractivity contribution in [1.82, 2.24) is 4.68 Å². The fourth-order valence-corrected chi connectivity index (χ4v) is 2.34. The standard InChI is InChI=1S/C16H14BrN3O/c1-11-6-7-12(2)20(11)19-16(21)14(10-18)8-13-4-3-5-15(17)9-13/h3-9H,1-2H3,(H,19,21)/b14-8-. The number of aromatic nitrogens is 1. The number of aryl methyl sites for hydroxylation is 2. The molecule has 5 heteroatoms. The molecule has 2 aromatic rings. The largest absolute Gasteiger partial charge is 0.280 e. The zero-order valence-corrected chi connectivity index (χ0v) is 13.3. The van der Waals surface area contributed by atoms with E-state index in [9.17, 15) is 10.1 Å². The van der Waals surface area contributed by atoms with Gasteiger partial charge >= 0.3 is 0 Å². The van der Waals surface area contributed by atoms with E-state index in [0.717, 1.165) is 21.4 Å². The highest BCUT2D eigenvalue weighted by atomic mass is 79.9. The zero-order chi connectivity index (χ0) is 15.4. The Bertz CT molecular complexity index is 734. The molecule has 106 valence electrons. The summed E-state index contributed by atoms with van der Waals surface area (Å²) in [6.07, 6.45) is 1.56. The van der Waals surface area contributed by atoms with Crippen molar-refractivity contribution < 1.29 is 4.79 Å². The Hall–Kier alpha value is -2.32. The summed E-state index contributed by atoms with van der Waals surface area (Å²) in [6, 6.07) is 13.2. The number of carbonyl (C=O) groups excluding carboxylic acids is 1. The summed E-state index contributed by atoms with van der Waals surface area (Å²) in [4.78, 5) is 12.2. The molecular formula is C16H14BrN3O. The molecule has 4 nitrogen and oxygen atoms in total. The summed E-state index contributed by atoms with van der Waals surface area (Å²) >= 11 is 3.36. The van der Waals surface area contributed by atoms with Gasteiger partial charge in [-0.25, -0.2) is 0 Å². The first-order chi connectivity index (χ1) is 10.0. The minimum Gasteiger partial charge on any atom is -0.267 e. The van der Waals surface area contributed by atoms with Crippen molar-refractivity contribution in [3.63, 3.8) is 0 Å². The van der Waals surface area contributed by atoms with Crippen LogP contribution in [0.5, 0.6) is 0 Å². The SMILES string of the molecule is Cc1ccc(C)n1NC(=O)/C(C#N)=C\c1cccc(Br)c1. The summed E-state index contributed by atoms with van der Waals surface area (Å²) in [7, 11) is 0. The number of rotatable bonds is 3. The molecule has 0 aliphatic heterocycles. The number of amides is 1. The van der Waals surface area contributed by atoms with Crippen molar-refractivity contribution >= 4 is 27.9 Å². The monoisotopic (exact) mass is 343 g/mol. The van der Waals surface area contributed by atoms with Gasteiger partial charge in [0.1, 0.15) is 11.6 Å². The Labute approximate surface area is 131 Å². The second-order valence-electron chi connectivity index (χ2n) is 4.62. The number of halogens is 1. The molecule has 2 rings (SSSR count). The number of nitrogens with one attached hydrogen (secondary N) is 1. The lowest BCUT2D eigenvalue weighted by Gasteiger charge is -2.10. The smallest absolute Gasteiger partial charge is 0.267 e. The van der Waals surface area contributed by atoms with Gasteiger partial charge in [0.25, 0.3) is 5.91 Å². The third-order valence-electron chi connectivity index (χ3n) is 3.01. The Morgan fingerprint density at radius 1 is 1.29 bits per heavy atom. The quantitative estimate of drug-likeness (QED) is 0.684. The molecule has 0 bridgehead atoms. The zero-order valence-electron chi connectivity index (χ0n) is 11.7. The van der Waals surface area contributed by atoms with Crippen molar-refractivity contribution in [2.24, 2.45) is 0 Å². The molecule has 1 N–H and O–H groups in total. The van der Waals surface area contributed by atoms with E-state index in [1.54, 1.807) is 10.8 Å². The first kappa shape index (κ1) is 15.1. The van der Waals surface area contributed by atoms with Crippen LogP contribution in [0.3, 0.4) is 0 Å². The predicted octanol–water partition coefficient (Wildman–Crippen LogP) is 3.54. The van der Waals surface area contributed by atoms with E-state index in [4.69, 9.17) is 0 Å². The van der Waals surface area contributed by atoms with Crippen LogP contribution >= 0.6 is 15.9 Å². The molecule has 0 fully saturated rings. The van der Waals surface area contributed by atoms with Gasteiger partial charge in [0, 0.05) is 15.9 Å². The van der Waals surface area contributed by atoms with Crippen molar-refractivity contribution in [1.29, 1.82) is 5.26 Å². The van der Waals surface area contributed by atoms with Crippen LogP contribution in [0.25, 0.3) is 6.08 Å². The van der Waals surface area contributed by atoms with Gasteiger partial charge in [-0.15, -0.1) is 0 Å². The number of hydrogen-bond donors (Lipinski definition) is 1. The summed E-state index contributed by atoms with van der Waals surface area (Å²) in [5.74, 6) is -0.431. The van der Waals surface area contributed by atoms with Gasteiger partial charge in [-0.05, 0) is 49.8 Å². The normalized spacial score (nSPS) is 11.0. The van der Waals surface area contributed by atoms with Gasteiger partial charge in [0.2, 0.25) is 0 Å². The van der Waals surface area contributed by atoms with E-state index in [1.165, 1.54) is 0 Å². The summed E-state index contributed by atoms with van der Waals surface area (Å²) in [5.41, 5.74) is 5.37. The van der Waals surface area contributed by atoms with Crippen LogP contribution in [0, 0.1) is 25.2 Å². The fraction of sp³-hybridized carbons (Fsp3) is 0.125. The van der Waals surface area contributed by atoms with Gasteiger partial charge in [0.05, 0.1) is 0 Å². The lowest BCUT2D eigenvalue weighted by molar-refractivity contribution is -0.113. The van der Waals surface area contributed by atoms with Gasteiger partial charge in [-0.3, -0.25) is 14.9 Å². The summed E-state index contributed by atoms with van der Waals surface area (Å²) < 4.78 is 2.56. The highest BCUT2D eigenvalue weighted by molar-refractivity contribution is 9.10. The molecule has 0 atom stereocenters. The molecule has 0 spiro atoms.